The summed E-state index contributed by atoms with van der Waals surface area (Å²) in [7, 11) is 0. The van der Waals surface area contributed by atoms with E-state index in [2.05, 4.69) is 6.58 Å². The molecular formula is C13H23ClN2O2. The van der Waals surface area contributed by atoms with Gasteiger partial charge in [0.05, 0.1) is 6.04 Å². The molecule has 2 saturated heterocycles. The van der Waals surface area contributed by atoms with Crippen molar-refractivity contribution in [2.75, 3.05) is 6.54 Å². The van der Waals surface area contributed by atoms with E-state index in [1.165, 1.54) is 0 Å². The van der Waals surface area contributed by atoms with Gasteiger partial charge in [0.15, 0.2) is 0 Å². The molecule has 0 aromatic carbocycles. The summed E-state index contributed by atoms with van der Waals surface area (Å²) in [5, 5.41) is 0. The Labute approximate surface area is 115 Å². The number of fused-ring (bicyclic) bond motifs is 2. The minimum atomic E-state index is -0.446. The van der Waals surface area contributed by atoms with E-state index in [4.69, 9.17) is 10.5 Å². The molecule has 2 aliphatic rings. The highest BCUT2D eigenvalue weighted by Crippen LogP contribution is 2.44. The van der Waals surface area contributed by atoms with Crippen LogP contribution in [0.1, 0.15) is 33.6 Å². The first-order chi connectivity index (χ1) is 7.85. The number of nitrogens with zero attached hydrogens (tertiary/aromatic N) is 1. The average Bonchev–Trinajstić information content (AvgIpc) is 2.70. The smallest absolute Gasteiger partial charge is 0.411 e. The predicted octanol–water partition coefficient (Wildman–Crippen LogP) is 2.32. The molecule has 0 aliphatic carbocycles. The van der Waals surface area contributed by atoms with Gasteiger partial charge in [-0.1, -0.05) is 6.58 Å². The first-order valence-electron chi connectivity index (χ1n) is 6.25. The minimum absolute atomic E-state index is 0. The van der Waals surface area contributed by atoms with E-state index in [1.807, 2.05) is 25.7 Å². The molecule has 18 heavy (non-hydrogen) atoms. The van der Waals surface area contributed by atoms with Gasteiger partial charge in [-0.05, 0) is 39.2 Å². The van der Waals surface area contributed by atoms with Crippen molar-refractivity contribution in [2.24, 2.45) is 11.7 Å². The molecule has 0 aromatic heterocycles. The van der Waals surface area contributed by atoms with Crippen LogP contribution in [0.15, 0.2) is 12.2 Å². The largest absolute Gasteiger partial charge is 0.444 e. The number of halogens is 1. The summed E-state index contributed by atoms with van der Waals surface area (Å²) < 4.78 is 5.45. The lowest BCUT2D eigenvalue weighted by Crippen LogP contribution is -2.41. The van der Waals surface area contributed by atoms with Crippen LogP contribution >= 0.6 is 12.4 Å². The van der Waals surface area contributed by atoms with Gasteiger partial charge in [-0.3, -0.25) is 4.90 Å². The van der Waals surface area contributed by atoms with E-state index in [9.17, 15) is 4.79 Å². The number of hydrogen-bond donors (Lipinski definition) is 1. The lowest BCUT2D eigenvalue weighted by atomic mass is 9.85. The second-order valence-electron chi connectivity index (χ2n) is 5.97. The standard InChI is InChI=1S/C13H22N2O2.ClH/c1-8-9(7-14)11-6-5-10(8)15(11)12(16)17-13(2,3)4;/h9-11H,1,5-7,14H2,2-4H3;1H. The van der Waals surface area contributed by atoms with Crippen LogP contribution in [-0.4, -0.2) is 35.2 Å². The van der Waals surface area contributed by atoms with E-state index in [0.29, 0.717) is 6.54 Å². The average molecular weight is 275 g/mol. The van der Waals surface area contributed by atoms with Gasteiger partial charge in [-0.25, -0.2) is 4.79 Å². The van der Waals surface area contributed by atoms with Crippen LogP contribution < -0.4 is 5.73 Å². The molecule has 0 spiro atoms. The lowest BCUT2D eigenvalue weighted by Gasteiger charge is -2.27. The predicted molar refractivity (Wildman–Crippen MR) is 73.8 cm³/mol. The second-order valence-corrected chi connectivity index (χ2v) is 5.97. The third-order valence-corrected chi connectivity index (χ3v) is 3.66. The van der Waals surface area contributed by atoms with Gasteiger partial charge in [-0.2, -0.15) is 0 Å². The van der Waals surface area contributed by atoms with E-state index in [0.717, 1.165) is 18.4 Å². The summed E-state index contributed by atoms with van der Waals surface area (Å²) in [6.45, 7) is 10.3. The molecule has 2 N–H and O–H groups in total. The van der Waals surface area contributed by atoms with E-state index in [-0.39, 0.29) is 36.5 Å². The summed E-state index contributed by atoms with van der Waals surface area (Å²) in [5.41, 5.74) is 6.42. The molecule has 3 atom stereocenters. The molecule has 3 unspecified atom stereocenters. The number of ether oxygens (including phenoxy) is 1. The number of hydrogen-bond acceptors (Lipinski definition) is 3. The molecule has 2 bridgehead atoms. The lowest BCUT2D eigenvalue weighted by molar-refractivity contribution is 0.0210. The Morgan fingerprint density at radius 1 is 1.50 bits per heavy atom. The number of carbonyl (C=O) groups excluding carboxylic acids is 1. The molecule has 1 amide bonds. The molecule has 0 aromatic rings. The number of nitrogens with two attached hydrogens (primary N) is 1. The van der Waals surface area contributed by atoms with Crippen molar-refractivity contribution < 1.29 is 9.53 Å². The van der Waals surface area contributed by atoms with Gasteiger partial charge in [0.25, 0.3) is 0 Å². The number of carbonyl (C=O) groups is 1. The number of rotatable bonds is 1. The molecule has 2 rings (SSSR count). The highest BCUT2D eigenvalue weighted by Gasteiger charge is 2.51. The fraction of sp³-hybridized carbons (Fsp3) is 0.769. The molecular weight excluding hydrogens is 252 g/mol. The zero-order valence-electron chi connectivity index (χ0n) is 11.3. The zero-order valence-corrected chi connectivity index (χ0v) is 12.1. The number of amides is 1. The Morgan fingerprint density at radius 2 is 2.11 bits per heavy atom. The van der Waals surface area contributed by atoms with E-state index >= 15 is 0 Å². The van der Waals surface area contributed by atoms with Gasteiger partial charge in [0, 0.05) is 18.5 Å². The molecule has 4 nitrogen and oxygen atoms in total. The molecule has 5 heteroatoms. The highest BCUT2D eigenvalue weighted by molar-refractivity contribution is 5.85. The van der Waals surface area contributed by atoms with E-state index in [1.54, 1.807) is 0 Å². The van der Waals surface area contributed by atoms with E-state index < -0.39 is 5.60 Å². The SMILES string of the molecule is C=C1C(CN)C2CCC1N2C(=O)OC(C)(C)C.Cl. The minimum Gasteiger partial charge on any atom is -0.444 e. The van der Waals surface area contributed by atoms with Crippen molar-refractivity contribution in [1.82, 2.24) is 4.90 Å². The summed E-state index contributed by atoms with van der Waals surface area (Å²) in [6.07, 6.45) is 1.80. The van der Waals surface area contributed by atoms with Gasteiger partial charge in [0.2, 0.25) is 0 Å². The quantitative estimate of drug-likeness (QED) is 0.747. The van der Waals surface area contributed by atoms with Gasteiger partial charge >= 0.3 is 6.09 Å². The Hall–Kier alpha value is -0.740. The summed E-state index contributed by atoms with van der Waals surface area (Å²) >= 11 is 0. The van der Waals surface area contributed by atoms with Crippen molar-refractivity contribution in [1.29, 1.82) is 0 Å². The Bertz CT molecular complexity index is 351. The summed E-state index contributed by atoms with van der Waals surface area (Å²) in [6, 6.07) is 0.343. The Kier molecular flexibility index (Phi) is 4.34. The molecule has 0 radical (unpaired) electrons. The van der Waals surface area contributed by atoms with Gasteiger partial charge in [-0.15, -0.1) is 12.4 Å². The van der Waals surface area contributed by atoms with Crippen LogP contribution in [0.4, 0.5) is 4.79 Å². The van der Waals surface area contributed by atoms with Crippen LogP contribution in [-0.2, 0) is 4.74 Å². The van der Waals surface area contributed by atoms with Crippen LogP contribution in [0.3, 0.4) is 0 Å². The topological polar surface area (TPSA) is 55.6 Å². The van der Waals surface area contributed by atoms with Crippen LogP contribution in [0.25, 0.3) is 0 Å². The highest BCUT2D eigenvalue weighted by atomic mass is 35.5. The summed E-state index contributed by atoms with van der Waals surface area (Å²) in [4.78, 5) is 14.0. The monoisotopic (exact) mass is 274 g/mol. The van der Waals surface area contributed by atoms with Crippen molar-refractivity contribution in [3.05, 3.63) is 12.2 Å². The van der Waals surface area contributed by atoms with Crippen molar-refractivity contribution in [2.45, 2.75) is 51.3 Å². The molecule has 2 heterocycles. The summed E-state index contributed by atoms with van der Waals surface area (Å²) in [5.74, 6) is 0.251. The van der Waals surface area contributed by atoms with Gasteiger partial charge < -0.3 is 10.5 Å². The van der Waals surface area contributed by atoms with Crippen molar-refractivity contribution >= 4 is 18.5 Å². The second kappa shape index (κ2) is 5.10. The first kappa shape index (κ1) is 15.3. The Balaban J connectivity index is 0.00000162. The Morgan fingerprint density at radius 3 is 2.56 bits per heavy atom. The third-order valence-electron chi connectivity index (χ3n) is 3.66. The fourth-order valence-corrected chi connectivity index (χ4v) is 2.98. The molecule has 0 saturated carbocycles. The maximum Gasteiger partial charge on any atom is 0.411 e. The normalized spacial score (nSPS) is 30.3. The van der Waals surface area contributed by atoms with Crippen LogP contribution in [0.2, 0.25) is 0 Å². The van der Waals surface area contributed by atoms with Gasteiger partial charge in [0.1, 0.15) is 5.60 Å². The maximum atomic E-state index is 12.2. The van der Waals surface area contributed by atoms with Crippen LogP contribution in [0, 0.1) is 5.92 Å². The molecule has 2 aliphatic heterocycles. The first-order valence-corrected chi connectivity index (χ1v) is 6.25. The van der Waals surface area contributed by atoms with Crippen molar-refractivity contribution in [3.63, 3.8) is 0 Å². The van der Waals surface area contributed by atoms with Crippen molar-refractivity contribution in [3.8, 4) is 0 Å². The molecule has 104 valence electrons. The maximum absolute atomic E-state index is 12.2. The zero-order chi connectivity index (χ0) is 12.8. The third kappa shape index (κ3) is 2.50. The molecule has 2 fully saturated rings. The van der Waals surface area contributed by atoms with Crippen LogP contribution in [0.5, 0.6) is 0 Å². The fourth-order valence-electron chi connectivity index (χ4n) is 2.98.